The smallest absolute Gasteiger partial charge is 0.0732 e. The zero-order chi connectivity index (χ0) is 12.4. The van der Waals surface area contributed by atoms with Crippen LogP contribution >= 0.6 is 43.2 Å². The summed E-state index contributed by atoms with van der Waals surface area (Å²) >= 11 is 8.76. The number of benzene rings is 1. The molecule has 0 radical (unpaired) electrons. The lowest BCUT2D eigenvalue weighted by atomic mass is 9.97. The molecule has 1 unspecified atom stereocenters. The second-order valence-corrected chi connectivity index (χ2v) is 6.18. The maximum Gasteiger partial charge on any atom is 0.0732 e. The van der Waals surface area contributed by atoms with Gasteiger partial charge in [-0.05, 0) is 51.0 Å². The van der Waals surface area contributed by atoms with Gasteiger partial charge >= 0.3 is 0 Å². The Labute approximate surface area is 121 Å². The molecule has 0 saturated heterocycles. The van der Waals surface area contributed by atoms with Crippen LogP contribution < -0.4 is 11.3 Å². The van der Waals surface area contributed by atoms with E-state index in [9.17, 15) is 0 Å². The fraction of sp³-hybridized carbons (Fsp3) is 0.167. The number of hydrogen-bond donors (Lipinski definition) is 2. The summed E-state index contributed by atoms with van der Waals surface area (Å²) in [4.78, 5) is 0. The van der Waals surface area contributed by atoms with Gasteiger partial charge in [-0.25, -0.2) is 5.43 Å². The standard InChI is InChI=1S/C12H12Br2N2S/c1-7-8(3-2-4-10(7)13)12(16-15)9-5-17-6-11(9)14/h2-6,12,16H,15H2,1H3. The van der Waals surface area contributed by atoms with E-state index in [1.54, 1.807) is 11.3 Å². The van der Waals surface area contributed by atoms with Crippen LogP contribution in [-0.2, 0) is 0 Å². The Morgan fingerprint density at radius 1 is 1.18 bits per heavy atom. The molecule has 17 heavy (non-hydrogen) atoms. The van der Waals surface area contributed by atoms with Crippen LogP contribution in [0.3, 0.4) is 0 Å². The molecular formula is C12H12Br2N2S. The van der Waals surface area contributed by atoms with E-state index in [1.807, 2.05) is 12.1 Å². The number of rotatable bonds is 3. The molecule has 90 valence electrons. The van der Waals surface area contributed by atoms with Crippen molar-refractivity contribution < 1.29 is 0 Å². The lowest BCUT2D eigenvalue weighted by molar-refractivity contribution is 0.633. The third-order valence-electron chi connectivity index (χ3n) is 2.74. The lowest BCUT2D eigenvalue weighted by Crippen LogP contribution is -2.29. The molecule has 0 aliphatic rings. The quantitative estimate of drug-likeness (QED) is 0.625. The fourth-order valence-corrected chi connectivity index (χ4v) is 3.71. The Morgan fingerprint density at radius 2 is 1.94 bits per heavy atom. The summed E-state index contributed by atoms with van der Waals surface area (Å²) in [5, 5.41) is 4.17. The lowest BCUT2D eigenvalue weighted by Gasteiger charge is -2.19. The van der Waals surface area contributed by atoms with Crippen molar-refractivity contribution in [2.24, 2.45) is 5.84 Å². The van der Waals surface area contributed by atoms with Crippen LogP contribution in [-0.4, -0.2) is 0 Å². The number of nitrogens with two attached hydrogens (primary N) is 1. The molecule has 2 nitrogen and oxygen atoms in total. The second-order valence-electron chi connectivity index (χ2n) is 3.73. The van der Waals surface area contributed by atoms with Crippen LogP contribution in [0.15, 0.2) is 37.9 Å². The number of halogens is 2. The zero-order valence-electron chi connectivity index (χ0n) is 9.21. The molecule has 0 spiro atoms. The molecule has 0 bridgehead atoms. The van der Waals surface area contributed by atoms with Crippen molar-refractivity contribution in [2.45, 2.75) is 13.0 Å². The third kappa shape index (κ3) is 2.63. The number of nitrogens with one attached hydrogen (secondary N) is 1. The normalized spacial score (nSPS) is 12.7. The summed E-state index contributed by atoms with van der Waals surface area (Å²) in [6, 6.07) is 6.16. The molecule has 5 heteroatoms. The molecule has 2 rings (SSSR count). The number of thiophene rings is 1. The van der Waals surface area contributed by atoms with E-state index in [4.69, 9.17) is 5.84 Å². The second kappa shape index (κ2) is 5.63. The van der Waals surface area contributed by atoms with Gasteiger partial charge in [0.05, 0.1) is 6.04 Å². The predicted molar refractivity (Wildman–Crippen MR) is 80.1 cm³/mol. The Morgan fingerprint density at radius 3 is 2.53 bits per heavy atom. The molecule has 0 aliphatic carbocycles. The maximum atomic E-state index is 5.70. The first kappa shape index (κ1) is 13.2. The molecule has 1 aromatic heterocycles. The van der Waals surface area contributed by atoms with Gasteiger partial charge in [-0.15, -0.1) is 0 Å². The minimum absolute atomic E-state index is 0.00752. The Hall–Kier alpha value is -0.200. The molecule has 0 aliphatic heterocycles. The summed E-state index contributed by atoms with van der Waals surface area (Å²) < 4.78 is 2.19. The van der Waals surface area contributed by atoms with Crippen LogP contribution in [0.2, 0.25) is 0 Å². The van der Waals surface area contributed by atoms with Crippen LogP contribution in [0.5, 0.6) is 0 Å². The topological polar surface area (TPSA) is 38.0 Å². The van der Waals surface area contributed by atoms with Gasteiger partial charge in [0.25, 0.3) is 0 Å². The minimum Gasteiger partial charge on any atom is -0.271 e. The van der Waals surface area contributed by atoms with E-state index in [2.05, 4.69) is 61.0 Å². The van der Waals surface area contributed by atoms with E-state index in [0.717, 1.165) is 8.95 Å². The Kier molecular flexibility index (Phi) is 4.38. The Bertz CT molecular complexity index is 525. The molecule has 2 aromatic rings. The van der Waals surface area contributed by atoms with E-state index in [-0.39, 0.29) is 6.04 Å². The monoisotopic (exact) mass is 374 g/mol. The van der Waals surface area contributed by atoms with Crippen molar-refractivity contribution in [2.75, 3.05) is 0 Å². The van der Waals surface area contributed by atoms with Crippen molar-refractivity contribution in [1.82, 2.24) is 5.43 Å². The highest BCUT2D eigenvalue weighted by atomic mass is 79.9. The highest BCUT2D eigenvalue weighted by Gasteiger charge is 2.18. The number of hydrogen-bond acceptors (Lipinski definition) is 3. The van der Waals surface area contributed by atoms with Gasteiger partial charge in [-0.3, -0.25) is 5.84 Å². The van der Waals surface area contributed by atoms with Crippen molar-refractivity contribution in [3.8, 4) is 0 Å². The molecule has 0 amide bonds. The van der Waals surface area contributed by atoms with Crippen LogP contribution in [0.25, 0.3) is 0 Å². The predicted octanol–water partition coefficient (Wildman–Crippen LogP) is 4.13. The van der Waals surface area contributed by atoms with Crippen molar-refractivity contribution in [1.29, 1.82) is 0 Å². The fourth-order valence-electron chi connectivity index (χ4n) is 1.78. The molecule has 1 heterocycles. The molecular weight excluding hydrogens is 364 g/mol. The highest BCUT2D eigenvalue weighted by molar-refractivity contribution is 9.10. The highest BCUT2D eigenvalue weighted by Crippen LogP contribution is 2.34. The average molecular weight is 376 g/mol. The van der Waals surface area contributed by atoms with E-state index >= 15 is 0 Å². The van der Waals surface area contributed by atoms with Gasteiger partial charge < -0.3 is 0 Å². The van der Waals surface area contributed by atoms with Gasteiger partial charge in [0.2, 0.25) is 0 Å². The summed E-state index contributed by atoms with van der Waals surface area (Å²) in [6.45, 7) is 2.09. The van der Waals surface area contributed by atoms with E-state index < -0.39 is 0 Å². The van der Waals surface area contributed by atoms with Gasteiger partial charge in [-0.1, -0.05) is 28.1 Å². The molecule has 1 atom stereocenters. The van der Waals surface area contributed by atoms with Gasteiger partial charge in [0.1, 0.15) is 0 Å². The zero-order valence-corrected chi connectivity index (χ0v) is 13.2. The first-order valence-corrected chi connectivity index (χ1v) is 7.60. The van der Waals surface area contributed by atoms with Crippen LogP contribution in [0, 0.1) is 6.92 Å². The van der Waals surface area contributed by atoms with Crippen molar-refractivity contribution in [3.63, 3.8) is 0 Å². The minimum atomic E-state index is 0.00752. The average Bonchev–Trinajstić information content (AvgIpc) is 2.72. The molecule has 0 saturated carbocycles. The molecule has 3 N–H and O–H groups in total. The van der Waals surface area contributed by atoms with Crippen LogP contribution in [0.4, 0.5) is 0 Å². The molecule has 0 fully saturated rings. The van der Waals surface area contributed by atoms with Crippen molar-refractivity contribution >= 4 is 43.2 Å². The molecule has 1 aromatic carbocycles. The first-order valence-electron chi connectivity index (χ1n) is 5.08. The van der Waals surface area contributed by atoms with Gasteiger partial charge in [0, 0.05) is 14.3 Å². The summed E-state index contributed by atoms with van der Waals surface area (Å²) in [6.07, 6.45) is 0. The van der Waals surface area contributed by atoms with E-state index in [1.165, 1.54) is 16.7 Å². The summed E-state index contributed by atoms with van der Waals surface area (Å²) in [5.74, 6) is 5.70. The third-order valence-corrected chi connectivity index (χ3v) is 5.35. The first-order chi connectivity index (χ1) is 8.15. The SMILES string of the molecule is Cc1c(Br)cccc1C(NN)c1cscc1Br. The number of hydrazine groups is 1. The largest absolute Gasteiger partial charge is 0.271 e. The van der Waals surface area contributed by atoms with Gasteiger partial charge in [0.15, 0.2) is 0 Å². The van der Waals surface area contributed by atoms with E-state index in [0.29, 0.717) is 0 Å². The Balaban J connectivity index is 2.50. The summed E-state index contributed by atoms with van der Waals surface area (Å²) in [7, 11) is 0. The van der Waals surface area contributed by atoms with Crippen LogP contribution in [0.1, 0.15) is 22.7 Å². The summed E-state index contributed by atoms with van der Waals surface area (Å²) in [5.41, 5.74) is 6.43. The maximum absolute atomic E-state index is 5.70. The van der Waals surface area contributed by atoms with Gasteiger partial charge in [-0.2, -0.15) is 11.3 Å². The van der Waals surface area contributed by atoms with Crippen molar-refractivity contribution in [3.05, 3.63) is 54.6 Å².